The molecule has 2 heterocycles. The number of carbonyl (C=O) groups is 1. The van der Waals surface area contributed by atoms with E-state index >= 15 is 0 Å². The molecule has 3 aromatic rings. The van der Waals surface area contributed by atoms with E-state index in [1.54, 1.807) is 12.4 Å². The maximum atomic E-state index is 12.9. The topological polar surface area (TPSA) is 46.1 Å². The molecule has 1 aliphatic heterocycles. The quantitative estimate of drug-likeness (QED) is 0.703. The van der Waals surface area contributed by atoms with Crippen molar-refractivity contribution in [2.24, 2.45) is 0 Å². The van der Waals surface area contributed by atoms with Gasteiger partial charge < -0.3 is 4.90 Å². The summed E-state index contributed by atoms with van der Waals surface area (Å²) in [5.41, 5.74) is 3.62. The standard InChI is InChI=1S/C20H19N3OS/c24-20(16-6-7-17-18(14-16)22-10-9-21-17)23-11-8-19(25-13-12-23)15-4-2-1-3-5-15/h1-7,9-10,14,19H,8,11-13H2. The lowest BCUT2D eigenvalue weighted by Crippen LogP contribution is -2.32. The van der Waals surface area contributed by atoms with Gasteiger partial charge in [0.1, 0.15) is 0 Å². The van der Waals surface area contributed by atoms with Gasteiger partial charge in [-0.2, -0.15) is 11.8 Å². The number of aromatic nitrogens is 2. The zero-order valence-electron chi connectivity index (χ0n) is 13.8. The van der Waals surface area contributed by atoms with Crippen LogP contribution in [0.1, 0.15) is 27.6 Å². The van der Waals surface area contributed by atoms with E-state index in [9.17, 15) is 4.79 Å². The fraction of sp³-hybridized carbons (Fsp3) is 0.250. The molecular formula is C20H19N3OS. The number of thioether (sulfide) groups is 1. The fourth-order valence-electron chi connectivity index (χ4n) is 3.19. The van der Waals surface area contributed by atoms with Crippen LogP contribution in [0.25, 0.3) is 11.0 Å². The Balaban J connectivity index is 1.50. The molecule has 4 rings (SSSR count). The van der Waals surface area contributed by atoms with Gasteiger partial charge in [-0.3, -0.25) is 14.8 Å². The Bertz CT molecular complexity index is 884. The van der Waals surface area contributed by atoms with Crippen molar-refractivity contribution in [2.45, 2.75) is 11.7 Å². The van der Waals surface area contributed by atoms with E-state index in [1.807, 2.05) is 40.9 Å². The summed E-state index contributed by atoms with van der Waals surface area (Å²) in [6, 6.07) is 16.1. The maximum Gasteiger partial charge on any atom is 0.253 e. The minimum atomic E-state index is 0.0851. The fourth-order valence-corrected chi connectivity index (χ4v) is 4.42. The Morgan fingerprint density at radius 3 is 2.64 bits per heavy atom. The number of benzene rings is 2. The van der Waals surface area contributed by atoms with E-state index < -0.39 is 0 Å². The van der Waals surface area contributed by atoms with Crippen molar-refractivity contribution in [3.63, 3.8) is 0 Å². The summed E-state index contributed by atoms with van der Waals surface area (Å²) in [7, 11) is 0. The molecule has 1 saturated heterocycles. The van der Waals surface area contributed by atoms with E-state index in [4.69, 9.17) is 0 Å². The zero-order valence-corrected chi connectivity index (χ0v) is 14.7. The van der Waals surface area contributed by atoms with E-state index in [1.165, 1.54) is 5.56 Å². The van der Waals surface area contributed by atoms with Crippen LogP contribution < -0.4 is 0 Å². The molecule has 1 amide bonds. The molecule has 0 bridgehead atoms. The Kier molecular flexibility index (Phi) is 4.65. The van der Waals surface area contributed by atoms with Crippen LogP contribution in [-0.4, -0.2) is 39.6 Å². The molecule has 2 aromatic carbocycles. The highest BCUT2D eigenvalue weighted by Crippen LogP contribution is 2.34. The van der Waals surface area contributed by atoms with Gasteiger partial charge in [0, 0.05) is 42.0 Å². The second-order valence-corrected chi connectivity index (χ2v) is 7.42. The molecule has 0 radical (unpaired) electrons. The van der Waals surface area contributed by atoms with Crippen LogP contribution in [0.5, 0.6) is 0 Å². The lowest BCUT2D eigenvalue weighted by molar-refractivity contribution is 0.0766. The monoisotopic (exact) mass is 349 g/mol. The van der Waals surface area contributed by atoms with E-state index in [0.717, 1.165) is 36.3 Å². The van der Waals surface area contributed by atoms with Gasteiger partial charge in [-0.05, 0) is 30.2 Å². The molecule has 1 aliphatic rings. The lowest BCUT2D eigenvalue weighted by Gasteiger charge is -2.20. The Morgan fingerprint density at radius 2 is 1.80 bits per heavy atom. The SMILES string of the molecule is O=C(c1ccc2nccnc2c1)N1CCSC(c2ccccc2)CC1. The molecule has 1 unspecified atom stereocenters. The summed E-state index contributed by atoms with van der Waals surface area (Å²) in [5, 5.41) is 0.460. The van der Waals surface area contributed by atoms with Crippen LogP contribution >= 0.6 is 11.8 Å². The molecule has 0 N–H and O–H groups in total. The van der Waals surface area contributed by atoms with Gasteiger partial charge in [-0.25, -0.2) is 0 Å². The van der Waals surface area contributed by atoms with Crippen LogP contribution in [0.15, 0.2) is 60.9 Å². The molecule has 1 atom stereocenters. The molecular weight excluding hydrogens is 330 g/mol. The van der Waals surface area contributed by atoms with Crippen molar-refractivity contribution in [3.05, 3.63) is 72.1 Å². The van der Waals surface area contributed by atoms with Crippen molar-refractivity contribution < 1.29 is 4.79 Å². The first-order valence-electron chi connectivity index (χ1n) is 8.48. The number of amides is 1. The largest absolute Gasteiger partial charge is 0.338 e. The summed E-state index contributed by atoms with van der Waals surface area (Å²) in [4.78, 5) is 23.4. The van der Waals surface area contributed by atoms with Crippen molar-refractivity contribution in [3.8, 4) is 0 Å². The molecule has 126 valence electrons. The highest BCUT2D eigenvalue weighted by Gasteiger charge is 2.23. The van der Waals surface area contributed by atoms with Gasteiger partial charge in [0.15, 0.2) is 0 Å². The normalized spacial score (nSPS) is 18.1. The average molecular weight is 349 g/mol. The third-order valence-corrected chi connectivity index (χ3v) is 5.84. The van der Waals surface area contributed by atoms with Gasteiger partial charge in [0.05, 0.1) is 11.0 Å². The van der Waals surface area contributed by atoms with E-state index in [2.05, 4.69) is 34.2 Å². The second kappa shape index (κ2) is 7.23. The molecule has 0 spiro atoms. The zero-order chi connectivity index (χ0) is 17.1. The predicted molar refractivity (Wildman–Crippen MR) is 102 cm³/mol. The molecule has 4 nitrogen and oxygen atoms in total. The van der Waals surface area contributed by atoms with Crippen molar-refractivity contribution >= 4 is 28.7 Å². The second-order valence-electron chi connectivity index (χ2n) is 6.11. The summed E-state index contributed by atoms with van der Waals surface area (Å²) < 4.78 is 0. The molecule has 0 saturated carbocycles. The van der Waals surface area contributed by atoms with Gasteiger partial charge in [-0.1, -0.05) is 30.3 Å². The van der Waals surface area contributed by atoms with Gasteiger partial charge in [0.25, 0.3) is 5.91 Å². The first kappa shape index (κ1) is 16.1. The van der Waals surface area contributed by atoms with Crippen LogP contribution in [0.2, 0.25) is 0 Å². The number of rotatable bonds is 2. The number of fused-ring (bicyclic) bond motifs is 1. The highest BCUT2D eigenvalue weighted by molar-refractivity contribution is 7.99. The molecule has 1 fully saturated rings. The van der Waals surface area contributed by atoms with Crippen LogP contribution in [0.3, 0.4) is 0 Å². The number of carbonyl (C=O) groups excluding carboxylic acids is 1. The first-order chi connectivity index (χ1) is 12.3. The van der Waals surface area contributed by atoms with Gasteiger partial charge in [0.2, 0.25) is 0 Å². The first-order valence-corrected chi connectivity index (χ1v) is 9.53. The lowest BCUT2D eigenvalue weighted by atomic mass is 10.1. The van der Waals surface area contributed by atoms with Gasteiger partial charge in [-0.15, -0.1) is 0 Å². The third-order valence-electron chi connectivity index (χ3n) is 4.52. The number of hydrogen-bond donors (Lipinski definition) is 0. The Hall–Kier alpha value is -2.40. The summed E-state index contributed by atoms with van der Waals surface area (Å²) >= 11 is 1.94. The van der Waals surface area contributed by atoms with Gasteiger partial charge >= 0.3 is 0 Å². The minimum Gasteiger partial charge on any atom is -0.338 e. The molecule has 25 heavy (non-hydrogen) atoms. The van der Waals surface area contributed by atoms with E-state index in [-0.39, 0.29) is 5.91 Å². The molecule has 5 heteroatoms. The van der Waals surface area contributed by atoms with Crippen molar-refractivity contribution in [1.29, 1.82) is 0 Å². The van der Waals surface area contributed by atoms with E-state index in [0.29, 0.717) is 10.8 Å². The molecule has 1 aromatic heterocycles. The van der Waals surface area contributed by atoms with Crippen LogP contribution in [0, 0.1) is 0 Å². The molecule has 0 aliphatic carbocycles. The minimum absolute atomic E-state index is 0.0851. The number of nitrogens with zero attached hydrogens (tertiary/aromatic N) is 3. The summed E-state index contributed by atoms with van der Waals surface area (Å²) in [6.45, 7) is 1.56. The smallest absolute Gasteiger partial charge is 0.253 e. The maximum absolute atomic E-state index is 12.9. The highest BCUT2D eigenvalue weighted by atomic mass is 32.2. The number of hydrogen-bond acceptors (Lipinski definition) is 4. The van der Waals surface area contributed by atoms with Crippen LogP contribution in [-0.2, 0) is 0 Å². The Morgan fingerprint density at radius 1 is 1.00 bits per heavy atom. The van der Waals surface area contributed by atoms with Crippen molar-refractivity contribution in [1.82, 2.24) is 14.9 Å². The predicted octanol–water partition coefficient (Wildman–Crippen LogP) is 3.95. The van der Waals surface area contributed by atoms with Crippen molar-refractivity contribution in [2.75, 3.05) is 18.8 Å². The Labute approximate surface area is 151 Å². The third kappa shape index (κ3) is 3.51. The summed E-state index contributed by atoms with van der Waals surface area (Å²) in [5.74, 6) is 1.04. The average Bonchev–Trinajstić information content (AvgIpc) is 2.94. The van der Waals surface area contributed by atoms with Crippen LogP contribution in [0.4, 0.5) is 0 Å². The summed E-state index contributed by atoms with van der Waals surface area (Å²) in [6.07, 6.45) is 4.30.